The summed E-state index contributed by atoms with van der Waals surface area (Å²) in [4.78, 5) is 12.0. The third kappa shape index (κ3) is 9.30. The van der Waals surface area contributed by atoms with E-state index in [1.165, 1.54) is 25.7 Å². The summed E-state index contributed by atoms with van der Waals surface area (Å²) in [5, 5.41) is 10.1. The Morgan fingerprint density at radius 2 is 1.78 bits per heavy atom. The minimum Gasteiger partial charge on any atom is -0.508 e. The molecule has 0 saturated heterocycles. The van der Waals surface area contributed by atoms with Crippen LogP contribution < -0.4 is 0 Å². The molecule has 1 N–H and O–H groups in total. The Hall–Kier alpha value is -1.51. The fraction of sp³-hybridized carbons (Fsp3) is 0.708. The molecule has 0 fully saturated rings. The van der Waals surface area contributed by atoms with Crippen LogP contribution in [0.2, 0.25) is 0 Å². The summed E-state index contributed by atoms with van der Waals surface area (Å²) >= 11 is 0. The van der Waals surface area contributed by atoms with Crippen molar-refractivity contribution in [1.29, 1.82) is 0 Å². The number of carbonyl (C=O) groups is 1. The van der Waals surface area contributed by atoms with Crippen molar-refractivity contribution in [2.24, 2.45) is 5.92 Å². The van der Waals surface area contributed by atoms with Gasteiger partial charge in [0.05, 0.1) is 6.61 Å². The van der Waals surface area contributed by atoms with Gasteiger partial charge in [-0.25, -0.2) is 0 Å². The number of rotatable bonds is 13. The van der Waals surface area contributed by atoms with Gasteiger partial charge in [0, 0.05) is 6.42 Å². The maximum absolute atomic E-state index is 12.0. The minimum atomic E-state index is -0.126. The molecule has 1 aromatic carbocycles. The van der Waals surface area contributed by atoms with E-state index in [-0.39, 0.29) is 11.4 Å². The number of benzene rings is 1. The molecule has 1 aromatic rings. The van der Waals surface area contributed by atoms with E-state index in [4.69, 9.17) is 4.74 Å². The summed E-state index contributed by atoms with van der Waals surface area (Å²) < 4.78 is 5.36. The van der Waals surface area contributed by atoms with Crippen LogP contribution >= 0.6 is 0 Å². The molecule has 0 aliphatic heterocycles. The molecule has 0 bridgehead atoms. The average molecular weight is 377 g/mol. The van der Waals surface area contributed by atoms with E-state index in [1.807, 2.05) is 12.1 Å². The monoisotopic (exact) mass is 376 g/mol. The molecule has 154 valence electrons. The maximum Gasteiger partial charge on any atom is 0.306 e. The predicted molar refractivity (Wildman–Crippen MR) is 113 cm³/mol. The number of aromatic hydroxyl groups is 1. The number of aryl methyl sites for hydroxylation is 1. The van der Waals surface area contributed by atoms with Crippen LogP contribution in [0.5, 0.6) is 5.75 Å². The Labute approximate surface area is 166 Å². The highest BCUT2D eigenvalue weighted by Crippen LogP contribution is 2.34. The highest BCUT2D eigenvalue weighted by molar-refractivity contribution is 5.69. The van der Waals surface area contributed by atoms with Gasteiger partial charge in [0.25, 0.3) is 0 Å². The Morgan fingerprint density at radius 1 is 1.11 bits per heavy atom. The van der Waals surface area contributed by atoms with E-state index >= 15 is 0 Å². The maximum atomic E-state index is 12.0. The normalized spacial score (nSPS) is 11.8. The second kappa shape index (κ2) is 12.0. The second-order valence-corrected chi connectivity index (χ2v) is 8.76. The van der Waals surface area contributed by atoms with Gasteiger partial charge >= 0.3 is 5.97 Å². The highest BCUT2D eigenvalue weighted by Gasteiger charge is 2.22. The highest BCUT2D eigenvalue weighted by atomic mass is 16.5. The molecule has 1 rings (SSSR count). The largest absolute Gasteiger partial charge is 0.508 e. The topological polar surface area (TPSA) is 46.5 Å². The van der Waals surface area contributed by atoms with Gasteiger partial charge in [0.2, 0.25) is 0 Å². The van der Waals surface area contributed by atoms with Crippen LogP contribution in [-0.2, 0) is 21.4 Å². The molecular weight excluding hydrogens is 336 g/mol. The molecule has 0 saturated carbocycles. The van der Waals surface area contributed by atoms with E-state index in [9.17, 15) is 9.90 Å². The van der Waals surface area contributed by atoms with Crippen LogP contribution in [-0.4, -0.2) is 17.7 Å². The molecule has 0 aliphatic carbocycles. The SMILES string of the molecule is CCC(C)(C)c1cc(CCC(=O)OCCCCCCCC(C)C)ccc1O. The van der Waals surface area contributed by atoms with E-state index in [2.05, 4.69) is 34.6 Å². The first kappa shape index (κ1) is 23.5. The Kier molecular flexibility index (Phi) is 10.5. The lowest BCUT2D eigenvalue weighted by atomic mass is 9.81. The first-order valence-corrected chi connectivity index (χ1v) is 10.7. The fourth-order valence-corrected chi connectivity index (χ4v) is 3.16. The molecule has 0 heterocycles. The number of ether oxygens (including phenoxy) is 1. The van der Waals surface area contributed by atoms with Crippen LogP contribution in [0.15, 0.2) is 18.2 Å². The zero-order valence-electron chi connectivity index (χ0n) is 18.1. The van der Waals surface area contributed by atoms with Crippen molar-refractivity contribution in [3.05, 3.63) is 29.3 Å². The van der Waals surface area contributed by atoms with Gasteiger partial charge in [-0.15, -0.1) is 0 Å². The minimum absolute atomic E-state index is 0.0736. The van der Waals surface area contributed by atoms with Crippen molar-refractivity contribution < 1.29 is 14.6 Å². The average Bonchev–Trinajstić information content (AvgIpc) is 2.62. The van der Waals surface area contributed by atoms with E-state index in [0.717, 1.165) is 36.3 Å². The molecule has 0 radical (unpaired) electrons. The van der Waals surface area contributed by atoms with Gasteiger partial charge in [0.1, 0.15) is 5.75 Å². The van der Waals surface area contributed by atoms with Crippen LogP contribution in [0.25, 0.3) is 0 Å². The smallest absolute Gasteiger partial charge is 0.306 e. The number of esters is 1. The fourth-order valence-electron chi connectivity index (χ4n) is 3.16. The van der Waals surface area contributed by atoms with E-state index < -0.39 is 0 Å². The Balaban J connectivity index is 2.26. The summed E-state index contributed by atoms with van der Waals surface area (Å²) in [5.41, 5.74) is 1.95. The second-order valence-electron chi connectivity index (χ2n) is 8.76. The lowest BCUT2D eigenvalue weighted by Gasteiger charge is -2.25. The number of unbranched alkanes of at least 4 members (excludes halogenated alkanes) is 4. The third-order valence-corrected chi connectivity index (χ3v) is 5.48. The standard InChI is InChI=1S/C24H40O3/c1-6-24(4,5)21-18-20(13-15-22(21)25)14-16-23(26)27-17-11-9-7-8-10-12-19(2)3/h13,15,18-19,25H,6-12,14,16-17H2,1-5H3. The van der Waals surface area contributed by atoms with Crippen LogP contribution in [0.4, 0.5) is 0 Å². The number of hydrogen-bond acceptors (Lipinski definition) is 3. The molecule has 3 heteroatoms. The first-order chi connectivity index (χ1) is 12.8. The van der Waals surface area contributed by atoms with Crippen molar-refractivity contribution in [2.45, 2.75) is 97.8 Å². The van der Waals surface area contributed by atoms with Crippen molar-refractivity contribution >= 4 is 5.97 Å². The summed E-state index contributed by atoms with van der Waals surface area (Å²) in [6.07, 6.45) is 9.22. The van der Waals surface area contributed by atoms with Gasteiger partial charge in [-0.3, -0.25) is 4.79 Å². The first-order valence-electron chi connectivity index (χ1n) is 10.7. The van der Waals surface area contributed by atoms with Crippen molar-refractivity contribution in [1.82, 2.24) is 0 Å². The lowest BCUT2D eigenvalue weighted by Crippen LogP contribution is -2.16. The van der Waals surface area contributed by atoms with E-state index in [1.54, 1.807) is 6.07 Å². The number of hydrogen-bond donors (Lipinski definition) is 1. The summed E-state index contributed by atoms with van der Waals surface area (Å²) in [7, 11) is 0. The van der Waals surface area contributed by atoms with Crippen molar-refractivity contribution in [3.8, 4) is 5.75 Å². The molecule has 0 unspecified atom stereocenters. The lowest BCUT2D eigenvalue weighted by molar-refractivity contribution is -0.143. The van der Waals surface area contributed by atoms with Gasteiger partial charge in [0.15, 0.2) is 0 Å². The zero-order valence-corrected chi connectivity index (χ0v) is 18.1. The molecule has 0 aliphatic rings. The molecular formula is C24H40O3. The third-order valence-electron chi connectivity index (χ3n) is 5.48. The van der Waals surface area contributed by atoms with Crippen LogP contribution in [0.1, 0.15) is 97.1 Å². The molecule has 27 heavy (non-hydrogen) atoms. The number of carbonyl (C=O) groups excluding carboxylic acids is 1. The quantitative estimate of drug-likeness (QED) is 0.313. The Morgan fingerprint density at radius 3 is 2.44 bits per heavy atom. The number of phenols is 1. The zero-order chi connectivity index (χ0) is 20.3. The van der Waals surface area contributed by atoms with Gasteiger partial charge in [-0.05, 0) is 47.8 Å². The molecule has 0 spiro atoms. The molecule has 0 aromatic heterocycles. The summed E-state index contributed by atoms with van der Waals surface area (Å²) in [6, 6.07) is 5.67. The summed E-state index contributed by atoms with van der Waals surface area (Å²) in [6.45, 7) is 11.4. The molecule has 0 amide bonds. The molecule has 0 atom stereocenters. The molecule has 3 nitrogen and oxygen atoms in total. The predicted octanol–water partition coefficient (Wildman–Crippen LogP) is 6.55. The van der Waals surface area contributed by atoms with Crippen molar-refractivity contribution in [3.63, 3.8) is 0 Å². The van der Waals surface area contributed by atoms with Crippen LogP contribution in [0, 0.1) is 5.92 Å². The van der Waals surface area contributed by atoms with Gasteiger partial charge < -0.3 is 9.84 Å². The van der Waals surface area contributed by atoms with E-state index in [0.29, 0.717) is 25.2 Å². The van der Waals surface area contributed by atoms with Gasteiger partial charge in [-0.2, -0.15) is 0 Å². The number of phenolic OH excluding ortho intramolecular Hbond substituents is 1. The Bertz CT molecular complexity index is 561. The van der Waals surface area contributed by atoms with Gasteiger partial charge in [-0.1, -0.05) is 78.9 Å². The van der Waals surface area contributed by atoms with Crippen molar-refractivity contribution in [2.75, 3.05) is 6.61 Å². The summed E-state index contributed by atoms with van der Waals surface area (Å²) in [5.74, 6) is 1.00. The van der Waals surface area contributed by atoms with Crippen LogP contribution in [0.3, 0.4) is 0 Å².